The van der Waals surface area contributed by atoms with Crippen molar-refractivity contribution in [3.63, 3.8) is 0 Å². The second-order valence-corrected chi connectivity index (χ2v) is 7.76. The number of likely N-dealkylation sites (tertiary alicyclic amines) is 2. The summed E-state index contributed by atoms with van der Waals surface area (Å²) in [5, 5.41) is 10.0. The van der Waals surface area contributed by atoms with Crippen LogP contribution in [0.5, 0.6) is 0 Å². The molecule has 28 heavy (non-hydrogen) atoms. The third kappa shape index (κ3) is 4.53. The van der Waals surface area contributed by atoms with Crippen molar-refractivity contribution in [2.24, 2.45) is 5.92 Å². The molecule has 0 bridgehead atoms. The van der Waals surface area contributed by atoms with Crippen LogP contribution in [0, 0.1) is 5.92 Å². The second-order valence-electron chi connectivity index (χ2n) is 7.76. The van der Waals surface area contributed by atoms with Crippen LogP contribution >= 0.6 is 0 Å². The quantitative estimate of drug-likeness (QED) is 0.781. The van der Waals surface area contributed by atoms with Crippen LogP contribution in [0.3, 0.4) is 0 Å². The average molecular weight is 384 g/mol. The normalized spacial score (nSPS) is 20.3. The topological polar surface area (TPSA) is 103 Å². The number of carbonyl (C=O) groups is 1. The molecule has 0 aliphatic carbocycles. The van der Waals surface area contributed by atoms with Crippen molar-refractivity contribution in [3.8, 4) is 11.5 Å². The van der Waals surface area contributed by atoms with E-state index in [0.29, 0.717) is 29.9 Å². The fourth-order valence-corrected chi connectivity index (χ4v) is 4.11. The number of carbonyl (C=O) groups excluding carboxylic acids is 1. The summed E-state index contributed by atoms with van der Waals surface area (Å²) in [6.07, 6.45) is 9.17. The lowest BCUT2D eigenvalue weighted by molar-refractivity contribution is -0.126. The molecule has 2 aliphatic heterocycles. The Morgan fingerprint density at radius 1 is 1.18 bits per heavy atom. The molecule has 4 heterocycles. The Kier molecular flexibility index (Phi) is 5.92. The molecular weight excluding hydrogens is 356 g/mol. The Hall–Kier alpha value is -2.39. The number of H-pyrrole nitrogens is 1. The molecule has 9 nitrogen and oxygen atoms in total. The summed E-state index contributed by atoms with van der Waals surface area (Å²) in [6.45, 7) is 4.75. The van der Waals surface area contributed by atoms with Gasteiger partial charge in [0.25, 0.3) is 0 Å². The smallest absolute Gasteiger partial charge is 0.223 e. The molecule has 150 valence electrons. The lowest BCUT2D eigenvalue weighted by atomic mass is 9.93. The maximum atomic E-state index is 12.6. The molecule has 0 spiro atoms. The number of hydrogen-bond acceptors (Lipinski definition) is 7. The van der Waals surface area contributed by atoms with E-state index in [0.717, 1.165) is 25.9 Å². The van der Waals surface area contributed by atoms with Crippen LogP contribution in [0.4, 0.5) is 0 Å². The van der Waals surface area contributed by atoms with Gasteiger partial charge >= 0.3 is 0 Å². The van der Waals surface area contributed by atoms with Crippen LogP contribution in [-0.2, 0) is 11.3 Å². The van der Waals surface area contributed by atoms with Crippen LogP contribution in [0.15, 0.2) is 18.6 Å². The average Bonchev–Trinajstić information content (AvgIpc) is 3.22. The van der Waals surface area contributed by atoms with Gasteiger partial charge in [0.15, 0.2) is 0 Å². The SMILES string of the molecule is CN1CCC(N2CCC(C(=O)NCc3nc(-c4cnccn4)n[nH]3)CC2)CC1. The molecule has 1 amide bonds. The van der Waals surface area contributed by atoms with Gasteiger partial charge in [0.05, 0.1) is 12.7 Å². The summed E-state index contributed by atoms with van der Waals surface area (Å²) < 4.78 is 0. The highest BCUT2D eigenvalue weighted by atomic mass is 16.1. The van der Waals surface area contributed by atoms with Gasteiger partial charge in [-0.2, -0.15) is 5.10 Å². The molecular formula is C19H28N8O. The predicted octanol–water partition coefficient (Wildman–Crippen LogP) is 0.684. The Labute approximate surface area is 165 Å². The first-order valence-corrected chi connectivity index (χ1v) is 10.1. The summed E-state index contributed by atoms with van der Waals surface area (Å²) in [5.41, 5.74) is 0.609. The zero-order valence-corrected chi connectivity index (χ0v) is 16.3. The summed E-state index contributed by atoms with van der Waals surface area (Å²) in [6, 6.07) is 0.689. The minimum atomic E-state index is 0.0879. The molecule has 2 N–H and O–H groups in total. The minimum absolute atomic E-state index is 0.0879. The van der Waals surface area contributed by atoms with E-state index >= 15 is 0 Å². The number of hydrogen-bond donors (Lipinski definition) is 2. The van der Waals surface area contributed by atoms with Gasteiger partial charge in [0.1, 0.15) is 11.5 Å². The van der Waals surface area contributed by atoms with E-state index in [2.05, 4.69) is 47.3 Å². The van der Waals surface area contributed by atoms with Crippen LogP contribution in [-0.4, -0.2) is 80.1 Å². The van der Waals surface area contributed by atoms with Gasteiger partial charge in [-0.15, -0.1) is 0 Å². The maximum absolute atomic E-state index is 12.6. The first kappa shape index (κ1) is 18.9. The Morgan fingerprint density at radius 3 is 2.68 bits per heavy atom. The van der Waals surface area contributed by atoms with E-state index in [9.17, 15) is 4.79 Å². The molecule has 0 atom stereocenters. The second kappa shape index (κ2) is 8.74. The van der Waals surface area contributed by atoms with Gasteiger partial charge in [-0.3, -0.25) is 14.9 Å². The minimum Gasteiger partial charge on any atom is -0.349 e. The Balaban J connectivity index is 1.22. The van der Waals surface area contributed by atoms with Crippen molar-refractivity contribution < 1.29 is 4.79 Å². The molecule has 0 saturated carbocycles. The van der Waals surface area contributed by atoms with Gasteiger partial charge in [-0.25, -0.2) is 9.97 Å². The number of piperidine rings is 2. The van der Waals surface area contributed by atoms with Gasteiger partial charge < -0.3 is 15.1 Å². The molecule has 2 fully saturated rings. The molecule has 2 aromatic heterocycles. The van der Waals surface area contributed by atoms with Crippen molar-refractivity contribution in [2.45, 2.75) is 38.3 Å². The van der Waals surface area contributed by atoms with E-state index < -0.39 is 0 Å². The highest BCUT2D eigenvalue weighted by Crippen LogP contribution is 2.23. The van der Waals surface area contributed by atoms with Crippen molar-refractivity contribution >= 4 is 5.91 Å². The maximum Gasteiger partial charge on any atom is 0.223 e. The summed E-state index contributed by atoms with van der Waals surface area (Å²) in [4.78, 5) is 30.1. The number of nitrogens with one attached hydrogen (secondary N) is 2. The molecule has 0 unspecified atom stereocenters. The number of rotatable bonds is 5. The summed E-state index contributed by atoms with van der Waals surface area (Å²) >= 11 is 0. The first-order valence-electron chi connectivity index (χ1n) is 10.1. The van der Waals surface area contributed by atoms with Crippen molar-refractivity contribution in [2.75, 3.05) is 33.2 Å². The van der Waals surface area contributed by atoms with Gasteiger partial charge in [-0.1, -0.05) is 0 Å². The Morgan fingerprint density at radius 2 is 1.96 bits per heavy atom. The highest BCUT2D eigenvalue weighted by molar-refractivity contribution is 5.78. The van der Waals surface area contributed by atoms with Crippen LogP contribution in [0.25, 0.3) is 11.5 Å². The summed E-state index contributed by atoms with van der Waals surface area (Å²) in [5.74, 6) is 1.31. The third-order valence-electron chi connectivity index (χ3n) is 5.86. The zero-order chi connectivity index (χ0) is 19.3. The Bertz CT molecular complexity index is 763. The number of nitrogens with zero attached hydrogens (tertiary/aromatic N) is 6. The first-order chi connectivity index (χ1) is 13.7. The molecule has 2 aromatic rings. The van der Waals surface area contributed by atoms with Gasteiger partial charge in [-0.05, 0) is 58.9 Å². The molecule has 9 heteroatoms. The van der Waals surface area contributed by atoms with E-state index in [4.69, 9.17) is 0 Å². The zero-order valence-electron chi connectivity index (χ0n) is 16.3. The van der Waals surface area contributed by atoms with Crippen LogP contribution in [0.2, 0.25) is 0 Å². The van der Waals surface area contributed by atoms with Crippen molar-refractivity contribution in [1.82, 2.24) is 40.3 Å². The summed E-state index contributed by atoms with van der Waals surface area (Å²) in [7, 11) is 2.19. The van der Waals surface area contributed by atoms with Crippen LogP contribution in [0.1, 0.15) is 31.5 Å². The highest BCUT2D eigenvalue weighted by Gasteiger charge is 2.30. The van der Waals surface area contributed by atoms with Crippen molar-refractivity contribution in [3.05, 3.63) is 24.4 Å². The fraction of sp³-hybridized carbons (Fsp3) is 0.632. The van der Waals surface area contributed by atoms with Crippen molar-refractivity contribution in [1.29, 1.82) is 0 Å². The third-order valence-corrected chi connectivity index (χ3v) is 5.86. The molecule has 4 rings (SSSR count). The lowest BCUT2D eigenvalue weighted by Gasteiger charge is -2.40. The van der Waals surface area contributed by atoms with E-state index in [1.165, 1.54) is 25.9 Å². The van der Waals surface area contributed by atoms with E-state index in [1.807, 2.05) is 0 Å². The molecule has 2 aliphatic rings. The van der Waals surface area contributed by atoms with E-state index in [1.54, 1.807) is 18.6 Å². The van der Waals surface area contributed by atoms with E-state index in [-0.39, 0.29) is 11.8 Å². The van der Waals surface area contributed by atoms with Crippen LogP contribution < -0.4 is 5.32 Å². The van der Waals surface area contributed by atoms with Gasteiger partial charge in [0, 0.05) is 24.4 Å². The number of amides is 1. The molecule has 0 aromatic carbocycles. The number of aromatic amines is 1. The standard InChI is InChI=1S/C19H28N8O/c1-26-8-4-15(5-9-26)27-10-2-14(3-11-27)19(28)22-13-17-23-18(25-24-17)16-12-20-6-7-21-16/h6-7,12,14-15H,2-5,8-11,13H2,1H3,(H,22,28)(H,23,24,25). The monoisotopic (exact) mass is 384 g/mol. The van der Waals surface area contributed by atoms with Gasteiger partial charge in [0.2, 0.25) is 11.7 Å². The lowest BCUT2D eigenvalue weighted by Crippen LogP contribution is -2.48. The number of aromatic nitrogens is 5. The molecule has 0 radical (unpaired) electrons. The largest absolute Gasteiger partial charge is 0.349 e. The fourth-order valence-electron chi connectivity index (χ4n) is 4.11. The molecule has 2 saturated heterocycles. The predicted molar refractivity (Wildman–Crippen MR) is 104 cm³/mol.